The van der Waals surface area contributed by atoms with E-state index in [9.17, 15) is 0 Å². The van der Waals surface area contributed by atoms with Crippen LogP contribution in [0.15, 0.2) is 30.6 Å². The molecule has 0 amide bonds. The number of hydrogen-bond acceptors (Lipinski definition) is 3. The van der Waals surface area contributed by atoms with Crippen molar-refractivity contribution in [3.8, 4) is 0 Å². The van der Waals surface area contributed by atoms with Crippen LogP contribution in [0.4, 0.5) is 0 Å². The molecule has 0 spiro atoms. The summed E-state index contributed by atoms with van der Waals surface area (Å²) in [5, 5.41) is 1.22. The van der Waals surface area contributed by atoms with Gasteiger partial charge in [0.2, 0.25) is 0 Å². The van der Waals surface area contributed by atoms with Crippen molar-refractivity contribution in [3.05, 3.63) is 36.2 Å². The van der Waals surface area contributed by atoms with Gasteiger partial charge >= 0.3 is 0 Å². The highest BCUT2D eigenvalue weighted by Gasteiger charge is 2.36. The van der Waals surface area contributed by atoms with Crippen molar-refractivity contribution in [2.45, 2.75) is 13.8 Å². The van der Waals surface area contributed by atoms with Crippen LogP contribution in [-0.4, -0.2) is 47.7 Å². The van der Waals surface area contributed by atoms with E-state index >= 15 is 0 Å². The number of rotatable bonds is 3. The van der Waals surface area contributed by atoms with Gasteiger partial charge in [0.15, 0.2) is 0 Å². The molecule has 1 fully saturated rings. The van der Waals surface area contributed by atoms with Gasteiger partial charge in [0.05, 0.1) is 13.2 Å². The molecule has 2 aliphatic rings. The summed E-state index contributed by atoms with van der Waals surface area (Å²) in [5.41, 5.74) is 4.03. The van der Waals surface area contributed by atoms with Crippen LogP contribution in [0.3, 0.4) is 0 Å². The van der Waals surface area contributed by atoms with Crippen LogP contribution in [0.5, 0.6) is 0 Å². The molecule has 4 heteroatoms. The Morgan fingerprint density at radius 2 is 2.32 bits per heavy atom. The van der Waals surface area contributed by atoms with Crippen LogP contribution < -0.4 is 0 Å². The number of nitrogens with zero attached hydrogens (tertiary/aromatic N) is 2. The third-order valence-electron chi connectivity index (χ3n) is 4.73. The molecule has 0 radical (unpaired) electrons. The smallest absolute Gasteiger partial charge is 0.137 e. The molecule has 0 aliphatic carbocycles. The van der Waals surface area contributed by atoms with Gasteiger partial charge in [0, 0.05) is 48.4 Å². The predicted octanol–water partition coefficient (Wildman–Crippen LogP) is 2.93. The molecule has 2 aliphatic heterocycles. The van der Waals surface area contributed by atoms with E-state index in [1.807, 2.05) is 12.3 Å². The van der Waals surface area contributed by atoms with E-state index in [-0.39, 0.29) is 0 Å². The highest BCUT2D eigenvalue weighted by atomic mass is 16.5. The van der Waals surface area contributed by atoms with Gasteiger partial charge in [-0.25, -0.2) is 4.98 Å². The van der Waals surface area contributed by atoms with E-state index in [1.54, 1.807) is 0 Å². The van der Waals surface area contributed by atoms with E-state index in [0.717, 1.165) is 38.5 Å². The molecule has 1 saturated heterocycles. The maximum absolute atomic E-state index is 5.41. The van der Waals surface area contributed by atoms with Crippen molar-refractivity contribution in [2.75, 3.05) is 32.8 Å². The van der Waals surface area contributed by atoms with Crippen LogP contribution in [0.2, 0.25) is 0 Å². The molecule has 0 bridgehead atoms. The number of aromatic amines is 1. The highest BCUT2D eigenvalue weighted by molar-refractivity contribution is 5.91. The van der Waals surface area contributed by atoms with Crippen molar-refractivity contribution in [3.63, 3.8) is 0 Å². The Morgan fingerprint density at radius 1 is 1.45 bits per heavy atom. The second kappa shape index (κ2) is 5.21. The van der Waals surface area contributed by atoms with Gasteiger partial charge in [0.25, 0.3) is 0 Å². The second-order valence-corrected chi connectivity index (χ2v) is 7.24. The lowest BCUT2D eigenvalue weighted by Gasteiger charge is -2.43. The normalized spacial score (nSPS) is 25.0. The summed E-state index contributed by atoms with van der Waals surface area (Å²) in [7, 11) is 0. The minimum absolute atomic E-state index is 0.337. The number of nitrogens with one attached hydrogen (secondary N) is 1. The molecule has 0 aromatic carbocycles. The first-order valence-electron chi connectivity index (χ1n) is 8.06. The molecule has 1 atom stereocenters. The average Bonchev–Trinajstić information content (AvgIpc) is 2.89. The first-order valence-corrected chi connectivity index (χ1v) is 8.06. The lowest BCUT2D eigenvalue weighted by atomic mass is 9.86. The number of H-pyrrole nitrogens is 1. The third kappa shape index (κ3) is 2.46. The van der Waals surface area contributed by atoms with Crippen LogP contribution in [-0.2, 0) is 4.74 Å². The predicted molar refractivity (Wildman–Crippen MR) is 88.6 cm³/mol. The van der Waals surface area contributed by atoms with Crippen molar-refractivity contribution >= 4 is 16.6 Å². The molecule has 2 aromatic rings. The Hall–Kier alpha value is -1.65. The molecule has 4 nitrogen and oxygen atoms in total. The number of hydrogen-bond donors (Lipinski definition) is 1. The average molecular weight is 297 g/mol. The minimum Gasteiger partial charge on any atom is -0.380 e. The van der Waals surface area contributed by atoms with Gasteiger partial charge in [-0.15, -0.1) is 0 Å². The minimum atomic E-state index is 0.337. The van der Waals surface area contributed by atoms with Crippen molar-refractivity contribution in [2.24, 2.45) is 11.3 Å². The highest BCUT2D eigenvalue weighted by Crippen LogP contribution is 2.32. The Morgan fingerprint density at radius 3 is 3.09 bits per heavy atom. The van der Waals surface area contributed by atoms with E-state index in [4.69, 9.17) is 4.74 Å². The Bertz CT molecular complexity index is 714. The molecule has 4 rings (SSSR count). The summed E-state index contributed by atoms with van der Waals surface area (Å²) < 4.78 is 5.41. The fraction of sp³-hybridized carbons (Fsp3) is 0.500. The second-order valence-electron chi connectivity index (χ2n) is 7.24. The standard InChI is InChI=1S/C18H23N3O/c1-13-6-14(9-21(8-13)10-18(2)11-22-12-18)16-7-20-17-15(16)4-3-5-19-17/h3-7,13H,8-12H2,1-2H3,(H,19,20). The maximum atomic E-state index is 5.41. The SMILES string of the molecule is CC1C=C(c2c[nH]c3ncccc23)CN(CC2(C)COC2)C1. The molecular formula is C18H23N3O. The number of aromatic nitrogens is 2. The first kappa shape index (κ1) is 14.0. The topological polar surface area (TPSA) is 41.2 Å². The Balaban J connectivity index is 1.60. The number of pyridine rings is 1. The maximum Gasteiger partial charge on any atom is 0.137 e. The zero-order chi connectivity index (χ0) is 15.2. The summed E-state index contributed by atoms with van der Waals surface area (Å²) in [6.07, 6.45) is 6.36. The lowest BCUT2D eigenvalue weighted by Crippen LogP contribution is -2.50. The number of fused-ring (bicyclic) bond motifs is 1. The monoisotopic (exact) mass is 297 g/mol. The molecule has 4 heterocycles. The van der Waals surface area contributed by atoms with Crippen molar-refractivity contribution in [1.82, 2.24) is 14.9 Å². The lowest BCUT2D eigenvalue weighted by molar-refractivity contribution is -0.114. The first-order chi connectivity index (χ1) is 10.6. The molecule has 0 saturated carbocycles. The fourth-order valence-electron chi connectivity index (χ4n) is 3.76. The zero-order valence-corrected chi connectivity index (χ0v) is 13.3. The molecule has 22 heavy (non-hydrogen) atoms. The van der Waals surface area contributed by atoms with Gasteiger partial charge in [-0.1, -0.05) is 19.9 Å². The molecule has 1 unspecified atom stereocenters. The molecule has 2 aromatic heterocycles. The Labute approximate surface area is 131 Å². The van der Waals surface area contributed by atoms with Crippen molar-refractivity contribution < 1.29 is 4.74 Å². The van der Waals surface area contributed by atoms with E-state index in [1.165, 1.54) is 16.5 Å². The van der Waals surface area contributed by atoms with E-state index in [0.29, 0.717) is 11.3 Å². The molecule has 116 valence electrons. The van der Waals surface area contributed by atoms with Crippen LogP contribution in [0, 0.1) is 11.3 Å². The van der Waals surface area contributed by atoms with Crippen LogP contribution in [0.1, 0.15) is 19.4 Å². The zero-order valence-electron chi connectivity index (χ0n) is 13.3. The van der Waals surface area contributed by atoms with Gasteiger partial charge in [-0.05, 0) is 23.6 Å². The Kier molecular flexibility index (Phi) is 3.31. The number of ether oxygens (including phenoxy) is 1. The van der Waals surface area contributed by atoms with Gasteiger partial charge in [-0.3, -0.25) is 4.90 Å². The van der Waals surface area contributed by atoms with Crippen molar-refractivity contribution in [1.29, 1.82) is 0 Å². The van der Waals surface area contributed by atoms with E-state index < -0.39 is 0 Å². The summed E-state index contributed by atoms with van der Waals surface area (Å²) in [6, 6.07) is 4.16. The van der Waals surface area contributed by atoms with Gasteiger partial charge < -0.3 is 9.72 Å². The van der Waals surface area contributed by atoms with Gasteiger partial charge in [0.1, 0.15) is 5.65 Å². The van der Waals surface area contributed by atoms with Gasteiger partial charge in [-0.2, -0.15) is 0 Å². The van der Waals surface area contributed by atoms with E-state index in [2.05, 4.69) is 47.1 Å². The fourth-order valence-corrected chi connectivity index (χ4v) is 3.76. The largest absolute Gasteiger partial charge is 0.380 e. The molecule has 1 N–H and O–H groups in total. The quantitative estimate of drug-likeness (QED) is 0.947. The van der Waals surface area contributed by atoms with Crippen LogP contribution in [0.25, 0.3) is 16.6 Å². The summed E-state index contributed by atoms with van der Waals surface area (Å²) in [6.45, 7) is 9.70. The third-order valence-corrected chi connectivity index (χ3v) is 4.73. The summed E-state index contributed by atoms with van der Waals surface area (Å²) >= 11 is 0. The van der Waals surface area contributed by atoms with Crippen LogP contribution >= 0.6 is 0 Å². The molecular weight excluding hydrogens is 274 g/mol. The summed E-state index contributed by atoms with van der Waals surface area (Å²) in [5.74, 6) is 0.579. The summed E-state index contributed by atoms with van der Waals surface area (Å²) in [4.78, 5) is 10.3.